The fourth-order valence-electron chi connectivity index (χ4n) is 2.31. The summed E-state index contributed by atoms with van der Waals surface area (Å²) in [7, 11) is 0. The van der Waals surface area contributed by atoms with Crippen molar-refractivity contribution in [1.82, 2.24) is 9.78 Å². The maximum Gasteiger partial charge on any atom is 0.0730 e. The minimum Gasteiger partial charge on any atom is -0.396 e. The smallest absolute Gasteiger partial charge is 0.0730 e. The van der Waals surface area contributed by atoms with Crippen LogP contribution in [0.3, 0.4) is 0 Å². The summed E-state index contributed by atoms with van der Waals surface area (Å²) in [4.78, 5) is 0. The third-order valence-corrected chi connectivity index (χ3v) is 3.25. The van der Waals surface area contributed by atoms with Crippen LogP contribution in [0.4, 0.5) is 5.69 Å². The quantitative estimate of drug-likeness (QED) is 0.697. The molecular formula is C11H19N3. The maximum atomic E-state index is 5.80. The number of rotatable bonds is 1. The molecule has 78 valence electrons. The summed E-state index contributed by atoms with van der Waals surface area (Å²) >= 11 is 0. The van der Waals surface area contributed by atoms with E-state index in [9.17, 15) is 0 Å². The Morgan fingerprint density at radius 1 is 1.29 bits per heavy atom. The first-order chi connectivity index (χ1) is 6.79. The van der Waals surface area contributed by atoms with Crippen molar-refractivity contribution in [2.24, 2.45) is 0 Å². The molecule has 1 aromatic rings. The first-order valence-electron chi connectivity index (χ1n) is 5.58. The van der Waals surface area contributed by atoms with Gasteiger partial charge in [-0.15, -0.1) is 0 Å². The summed E-state index contributed by atoms with van der Waals surface area (Å²) < 4.78 is 2.13. The molecule has 0 atom stereocenters. The Balaban J connectivity index is 2.16. The topological polar surface area (TPSA) is 43.8 Å². The third-order valence-electron chi connectivity index (χ3n) is 3.25. The number of nitrogen functional groups attached to an aromatic ring is 1. The molecule has 1 aliphatic carbocycles. The second kappa shape index (κ2) is 4.03. The molecule has 0 aromatic carbocycles. The van der Waals surface area contributed by atoms with Crippen LogP contribution in [0, 0.1) is 6.92 Å². The lowest BCUT2D eigenvalue weighted by atomic mass is 10.1. The Hall–Kier alpha value is -0.990. The minimum atomic E-state index is 0.592. The number of nitrogens with two attached hydrogens (primary N) is 1. The normalized spacial score (nSPS) is 19.5. The Morgan fingerprint density at radius 2 is 1.93 bits per heavy atom. The molecule has 2 rings (SSSR count). The molecule has 1 heterocycles. The Morgan fingerprint density at radius 3 is 2.43 bits per heavy atom. The summed E-state index contributed by atoms with van der Waals surface area (Å²) in [5, 5.41) is 4.37. The van der Waals surface area contributed by atoms with Crippen molar-refractivity contribution in [2.75, 3.05) is 5.73 Å². The largest absolute Gasteiger partial charge is 0.396 e. The van der Waals surface area contributed by atoms with E-state index < -0.39 is 0 Å². The monoisotopic (exact) mass is 193 g/mol. The minimum absolute atomic E-state index is 0.592. The van der Waals surface area contributed by atoms with Crippen LogP contribution < -0.4 is 5.73 Å². The van der Waals surface area contributed by atoms with Gasteiger partial charge in [-0.05, 0) is 19.8 Å². The summed E-state index contributed by atoms with van der Waals surface area (Å²) in [5.41, 5.74) is 7.77. The van der Waals surface area contributed by atoms with Crippen molar-refractivity contribution >= 4 is 5.69 Å². The average Bonchev–Trinajstić information content (AvgIpc) is 2.47. The van der Waals surface area contributed by atoms with Crippen molar-refractivity contribution in [2.45, 2.75) is 51.5 Å². The summed E-state index contributed by atoms with van der Waals surface area (Å²) in [6, 6.07) is 0.592. The number of hydrogen-bond donors (Lipinski definition) is 1. The molecule has 0 unspecified atom stereocenters. The van der Waals surface area contributed by atoms with Crippen molar-refractivity contribution in [3.8, 4) is 0 Å². The number of hydrogen-bond acceptors (Lipinski definition) is 2. The van der Waals surface area contributed by atoms with E-state index in [0.29, 0.717) is 6.04 Å². The summed E-state index contributed by atoms with van der Waals surface area (Å²) in [5.74, 6) is 0. The van der Waals surface area contributed by atoms with E-state index in [4.69, 9.17) is 5.73 Å². The molecule has 0 amide bonds. The maximum absolute atomic E-state index is 5.80. The lowest BCUT2D eigenvalue weighted by Crippen LogP contribution is -2.11. The molecule has 0 aliphatic heterocycles. The van der Waals surface area contributed by atoms with Gasteiger partial charge in [-0.2, -0.15) is 5.10 Å². The number of aromatic nitrogens is 2. The van der Waals surface area contributed by atoms with Gasteiger partial charge >= 0.3 is 0 Å². The van der Waals surface area contributed by atoms with Gasteiger partial charge in [0.2, 0.25) is 0 Å². The predicted octanol–water partition coefficient (Wildman–Crippen LogP) is 2.67. The Labute approximate surface area is 85.3 Å². The van der Waals surface area contributed by atoms with Crippen LogP contribution in [-0.4, -0.2) is 9.78 Å². The molecule has 0 radical (unpaired) electrons. The standard InChI is InChI=1S/C11H19N3/c1-9-11(12)8-13-14(9)10-6-4-2-3-5-7-10/h8,10H,2-7,12H2,1H3. The highest BCUT2D eigenvalue weighted by molar-refractivity contribution is 5.39. The van der Waals surface area contributed by atoms with Crippen molar-refractivity contribution in [1.29, 1.82) is 0 Å². The van der Waals surface area contributed by atoms with Crippen molar-refractivity contribution < 1.29 is 0 Å². The van der Waals surface area contributed by atoms with E-state index >= 15 is 0 Å². The highest BCUT2D eigenvalue weighted by Gasteiger charge is 2.16. The van der Waals surface area contributed by atoms with E-state index in [-0.39, 0.29) is 0 Å². The molecule has 3 heteroatoms. The lowest BCUT2D eigenvalue weighted by molar-refractivity contribution is 0.398. The molecular weight excluding hydrogens is 174 g/mol. The zero-order valence-electron chi connectivity index (χ0n) is 8.87. The van der Waals surface area contributed by atoms with Crippen LogP contribution in [0.25, 0.3) is 0 Å². The van der Waals surface area contributed by atoms with Gasteiger partial charge in [0.15, 0.2) is 0 Å². The van der Waals surface area contributed by atoms with E-state index in [1.165, 1.54) is 38.5 Å². The molecule has 3 nitrogen and oxygen atoms in total. The highest BCUT2D eigenvalue weighted by Crippen LogP contribution is 2.28. The van der Waals surface area contributed by atoms with Crippen molar-refractivity contribution in [3.63, 3.8) is 0 Å². The van der Waals surface area contributed by atoms with Crippen LogP contribution >= 0.6 is 0 Å². The molecule has 1 aliphatic rings. The molecule has 1 saturated carbocycles. The van der Waals surface area contributed by atoms with Gasteiger partial charge in [-0.1, -0.05) is 25.7 Å². The first kappa shape index (κ1) is 9.56. The van der Waals surface area contributed by atoms with Crippen molar-refractivity contribution in [3.05, 3.63) is 11.9 Å². The Bertz CT molecular complexity index is 295. The zero-order chi connectivity index (χ0) is 9.97. The molecule has 0 spiro atoms. The van der Waals surface area contributed by atoms with Gasteiger partial charge in [-0.3, -0.25) is 4.68 Å². The van der Waals surface area contributed by atoms with Crippen LogP contribution in [0.15, 0.2) is 6.20 Å². The number of anilines is 1. The second-order valence-electron chi connectivity index (χ2n) is 4.28. The average molecular weight is 193 g/mol. The van der Waals surface area contributed by atoms with Gasteiger partial charge in [0.05, 0.1) is 23.6 Å². The van der Waals surface area contributed by atoms with Crippen LogP contribution in [0.1, 0.15) is 50.3 Å². The third kappa shape index (κ3) is 1.76. The molecule has 1 fully saturated rings. The highest BCUT2D eigenvalue weighted by atomic mass is 15.3. The van der Waals surface area contributed by atoms with E-state index in [2.05, 4.69) is 16.7 Å². The predicted molar refractivity (Wildman–Crippen MR) is 58.1 cm³/mol. The van der Waals surface area contributed by atoms with Crippen LogP contribution in [0.5, 0.6) is 0 Å². The molecule has 0 bridgehead atoms. The van der Waals surface area contributed by atoms with Gasteiger partial charge in [0, 0.05) is 0 Å². The van der Waals surface area contributed by atoms with Gasteiger partial charge < -0.3 is 5.73 Å². The van der Waals surface area contributed by atoms with Crippen LogP contribution in [0.2, 0.25) is 0 Å². The van der Waals surface area contributed by atoms with E-state index in [1.807, 2.05) is 0 Å². The molecule has 2 N–H and O–H groups in total. The first-order valence-corrected chi connectivity index (χ1v) is 5.58. The second-order valence-corrected chi connectivity index (χ2v) is 4.28. The summed E-state index contributed by atoms with van der Waals surface area (Å²) in [6.45, 7) is 2.06. The fourth-order valence-corrected chi connectivity index (χ4v) is 2.31. The van der Waals surface area contributed by atoms with Gasteiger partial charge in [0.1, 0.15) is 0 Å². The number of nitrogens with zero attached hydrogens (tertiary/aromatic N) is 2. The molecule has 14 heavy (non-hydrogen) atoms. The Kier molecular flexibility index (Phi) is 2.75. The molecule has 0 saturated heterocycles. The van der Waals surface area contributed by atoms with Gasteiger partial charge in [0.25, 0.3) is 0 Å². The SMILES string of the molecule is Cc1c(N)cnn1C1CCCCCC1. The summed E-state index contributed by atoms with van der Waals surface area (Å²) in [6.07, 6.45) is 9.75. The van der Waals surface area contributed by atoms with Crippen LogP contribution in [-0.2, 0) is 0 Å². The van der Waals surface area contributed by atoms with E-state index in [1.54, 1.807) is 6.20 Å². The van der Waals surface area contributed by atoms with Gasteiger partial charge in [-0.25, -0.2) is 0 Å². The zero-order valence-corrected chi connectivity index (χ0v) is 8.87. The van der Waals surface area contributed by atoms with E-state index in [0.717, 1.165) is 11.4 Å². The lowest BCUT2D eigenvalue weighted by Gasteiger charge is -2.16. The fraction of sp³-hybridized carbons (Fsp3) is 0.727. The molecule has 1 aromatic heterocycles.